The molecule has 0 aliphatic heterocycles. The average Bonchev–Trinajstić information content (AvgIpc) is 2.49. The second-order valence-corrected chi connectivity index (χ2v) is 5.19. The van der Waals surface area contributed by atoms with Crippen LogP contribution in [0.25, 0.3) is 10.9 Å². The average molecular weight is 262 g/mol. The normalized spacial score (nSPS) is 12.6. The molecule has 0 aliphatic rings. The fraction of sp³-hybridized carbons (Fsp3) is 0.167. The topological polar surface area (TPSA) is 38.9 Å². The Morgan fingerprint density at radius 1 is 0.900 bits per heavy atom. The van der Waals surface area contributed by atoms with E-state index in [1.165, 1.54) is 16.7 Å². The molecule has 0 spiro atoms. The fourth-order valence-electron chi connectivity index (χ4n) is 2.66. The number of hydrogen-bond donors (Lipinski definition) is 1. The van der Waals surface area contributed by atoms with Crippen molar-refractivity contribution in [2.45, 2.75) is 19.9 Å². The first kappa shape index (κ1) is 12.8. The lowest BCUT2D eigenvalue weighted by atomic mass is 9.92. The largest absolute Gasteiger partial charge is 0.320 e. The van der Waals surface area contributed by atoms with Gasteiger partial charge in [-0.15, -0.1) is 0 Å². The van der Waals surface area contributed by atoms with E-state index in [2.05, 4.69) is 55.2 Å². The van der Waals surface area contributed by atoms with Crippen LogP contribution in [0.15, 0.2) is 54.7 Å². The van der Waals surface area contributed by atoms with E-state index in [4.69, 9.17) is 5.73 Å². The Labute approximate surface area is 119 Å². The summed E-state index contributed by atoms with van der Waals surface area (Å²) >= 11 is 0. The van der Waals surface area contributed by atoms with Crippen molar-refractivity contribution in [3.8, 4) is 0 Å². The molecule has 3 rings (SSSR count). The van der Waals surface area contributed by atoms with Crippen molar-refractivity contribution in [3.05, 3.63) is 77.0 Å². The van der Waals surface area contributed by atoms with Gasteiger partial charge < -0.3 is 5.73 Å². The Kier molecular flexibility index (Phi) is 3.25. The summed E-state index contributed by atoms with van der Waals surface area (Å²) in [6.45, 7) is 4.25. The van der Waals surface area contributed by atoms with Crippen LogP contribution in [0, 0.1) is 13.8 Å². The van der Waals surface area contributed by atoms with Gasteiger partial charge in [0, 0.05) is 11.6 Å². The number of aromatic nitrogens is 1. The summed E-state index contributed by atoms with van der Waals surface area (Å²) in [4.78, 5) is 4.50. The van der Waals surface area contributed by atoms with Crippen molar-refractivity contribution >= 4 is 10.9 Å². The summed E-state index contributed by atoms with van der Waals surface area (Å²) in [6, 6.07) is 16.4. The lowest BCUT2D eigenvalue weighted by Gasteiger charge is -2.18. The number of hydrogen-bond acceptors (Lipinski definition) is 2. The maximum absolute atomic E-state index is 6.51. The molecule has 2 heteroatoms. The van der Waals surface area contributed by atoms with E-state index in [9.17, 15) is 0 Å². The molecule has 2 nitrogen and oxygen atoms in total. The molecule has 0 saturated carbocycles. The van der Waals surface area contributed by atoms with E-state index < -0.39 is 0 Å². The van der Waals surface area contributed by atoms with Gasteiger partial charge in [-0.2, -0.15) is 0 Å². The van der Waals surface area contributed by atoms with Crippen LogP contribution < -0.4 is 5.73 Å². The maximum Gasteiger partial charge on any atom is 0.0753 e. The van der Waals surface area contributed by atoms with E-state index in [0.29, 0.717) is 0 Å². The molecule has 0 fully saturated rings. The molecule has 0 bridgehead atoms. The summed E-state index contributed by atoms with van der Waals surface area (Å²) in [5, 5.41) is 1.13. The zero-order valence-electron chi connectivity index (χ0n) is 11.8. The molecule has 3 aromatic rings. The predicted octanol–water partition coefficient (Wildman–Crippen LogP) is 3.90. The highest BCUT2D eigenvalue weighted by Gasteiger charge is 2.15. The predicted molar refractivity (Wildman–Crippen MR) is 83.7 cm³/mol. The summed E-state index contributed by atoms with van der Waals surface area (Å²) in [6.07, 6.45) is 1.82. The number of fused-ring (bicyclic) bond motifs is 1. The van der Waals surface area contributed by atoms with Crippen molar-refractivity contribution in [2.24, 2.45) is 5.73 Å². The van der Waals surface area contributed by atoms with Crippen molar-refractivity contribution < 1.29 is 0 Å². The van der Waals surface area contributed by atoms with Gasteiger partial charge >= 0.3 is 0 Å². The minimum atomic E-state index is -0.145. The van der Waals surface area contributed by atoms with Crippen molar-refractivity contribution in [3.63, 3.8) is 0 Å². The van der Waals surface area contributed by atoms with Crippen LogP contribution in [-0.4, -0.2) is 4.98 Å². The SMILES string of the molecule is Cc1cccc(C(N)c2cccc3cccnc23)c1C. The van der Waals surface area contributed by atoms with Crippen LogP contribution in [0.4, 0.5) is 0 Å². The highest BCUT2D eigenvalue weighted by Crippen LogP contribution is 2.28. The van der Waals surface area contributed by atoms with E-state index >= 15 is 0 Å². The molecule has 2 aromatic carbocycles. The Balaban J connectivity index is 2.18. The number of nitrogens with two attached hydrogens (primary N) is 1. The van der Waals surface area contributed by atoms with Crippen molar-refractivity contribution in [2.75, 3.05) is 0 Å². The molecule has 1 heterocycles. The fourth-order valence-corrected chi connectivity index (χ4v) is 2.66. The molecule has 0 radical (unpaired) electrons. The van der Waals surface area contributed by atoms with Crippen LogP contribution in [0.2, 0.25) is 0 Å². The van der Waals surface area contributed by atoms with Crippen LogP contribution in [0.5, 0.6) is 0 Å². The number of aryl methyl sites for hydroxylation is 1. The second-order valence-electron chi connectivity index (χ2n) is 5.19. The zero-order chi connectivity index (χ0) is 14.1. The Bertz CT molecular complexity index is 757. The Morgan fingerprint density at radius 2 is 1.60 bits per heavy atom. The molecule has 0 aliphatic carbocycles. The van der Waals surface area contributed by atoms with Gasteiger partial charge in [0.05, 0.1) is 11.6 Å². The van der Waals surface area contributed by atoms with Gasteiger partial charge in [-0.25, -0.2) is 0 Å². The van der Waals surface area contributed by atoms with Gasteiger partial charge in [0.15, 0.2) is 0 Å². The lowest BCUT2D eigenvalue weighted by Crippen LogP contribution is -2.14. The molecule has 1 aromatic heterocycles. The first-order chi connectivity index (χ1) is 9.68. The van der Waals surface area contributed by atoms with Crippen LogP contribution in [0.1, 0.15) is 28.3 Å². The third kappa shape index (κ3) is 2.08. The van der Waals surface area contributed by atoms with Gasteiger partial charge in [0.25, 0.3) is 0 Å². The molecule has 0 saturated heterocycles. The van der Waals surface area contributed by atoms with Crippen molar-refractivity contribution in [1.29, 1.82) is 0 Å². The van der Waals surface area contributed by atoms with E-state index in [1.54, 1.807) is 0 Å². The van der Waals surface area contributed by atoms with Crippen LogP contribution in [-0.2, 0) is 0 Å². The minimum Gasteiger partial charge on any atom is -0.320 e. The molecule has 20 heavy (non-hydrogen) atoms. The molecular formula is C18H18N2. The highest BCUT2D eigenvalue weighted by molar-refractivity contribution is 5.82. The summed E-state index contributed by atoms with van der Waals surface area (Å²) < 4.78 is 0. The first-order valence-electron chi connectivity index (χ1n) is 6.84. The Morgan fingerprint density at radius 3 is 2.45 bits per heavy atom. The molecule has 2 N–H and O–H groups in total. The van der Waals surface area contributed by atoms with Gasteiger partial charge in [-0.05, 0) is 42.2 Å². The number of para-hydroxylation sites is 1. The lowest BCUT2D eigenvalue weighted by molar-refractivity contribution is 0.864. The summed E-state index contributed by atoms with van der Waals surface area (Å²) in [5.74, 6) is 0. The van der Waals surface area contributed by atoms with Gasteiger partial charge in [0.1, 0.15) is 0 Å². The summed E-state index contributed by atoms with van der Waals surface area (Å²) in [5.41, 5.74) is 12.3. The standard InChI is InChI=1S/C18H18N2/c1-12-6-3-9-15(13(12)2)17(19)16-10-4-7-14-8-5-11-20-18(14)16/h3-11,17H,19H2,1-2H3. The third-order valence-electron chi connectivity index (χ3n) is 3.98. The zero-order valence-corrected chi connectivity index (χ0v) is 11.8. The minimum absolute atomic E-state index is 0.145. The maximum atomic E-state index is 6.51. The molecule has 100 valence electrons. The number of benzene rings is 2. The number of rotatable bonds is 2. The van der Waals surface area contributed by atoms with Crippen LogP contribution >= 0.6 is 0 Å². The van der Waals surface area contributed by atoms with Crippen LogP contribution in [0.3, 0.4) is 0 Å². The van der Waals surface area contributed by atoms with E-state index in [-0.39, 0.29) is 6.04 Å². The van der Waals surface area contributed by atoms with Gasteiger partial charge in [0.2, 0.25) is 0 Å². The second kappa shape index (κ2) is 5.06. The number of nitrogens with zero attached hydrogens (tertiary/aromatic N) is 1. The molecular weight excluding hydrogens is 244 g/mol. The summed E-state index contributed by atoms with van der Waals surface area (Å²) in [7, 11) is 0. The Hall–Kier alpha value is -2.19. The van der Waals surface area contributed by atoms with Gasteiger partial charge in [-0.1, -0.05) is 42.5 Å². The highest BCUT2D eigenvalue weighted by atomic mass is 14.7. The van der Waals surface area contributed by atoms with Crippen molar-refractivity contribution in [1.82, 2.24) is 4.98 Å². The third-order valence-corrected chi connectivity index (χ3v) is 3.98. The molecule has 0 amide bonds. The molecule has 1 atom stereocenters. The smallest absolute Gasteiger partial charge is 0.0753 e. The van der Waals surface area contributed by atoms with Gasteiger partial charge in [-0.3, -0.25) is 4.98 Å². The monoisotopic (exact) mass is 262 g/mol. The van der Waals surface area contributed by atoms with E-state index in [0.717, 1.165) is 16.5 Å². The molecule has 1 unspecified atom stereocenters. The number of pyridine rings is 1. The van der Waals surface area contributed by atoms with E-state index in [1.807, 2.05) is 18.3 Å². The first-order valence-corrected chi connectivity index (χ1v) is 6.84. The quantitative estimate of drug-likeness (QED) is 0.760.